The van der Waals surface area contributed by atoms with E-state index in [1.54, 1.807) is 24.3 Å². The molecule has 0 aromatic heterocycles. The van der Waals surface area contributed by atoms with E-state index in [0.717, 1.165) is 9.37 Å². The van der Waals surface area contributed by atoms with Gasteiger partial charge in [-0.25, -0.2) is 9.59 Å². The number of carbonyl (C=O) groups is 3. The summed E-state index contributed by atoms with van der Waals surface area (Å²) in [5, 5.41) is 2.50. The Hall–Kier alpha value is -1.89. The average Bonchev–Trinajstić information content (AvgIpc) is 2.83. The number of ether oxygens (including phenoxy) is 1. The maximum absolute atomic E-state index is 11.6. The molecule has 1 saturated heterocycles. The van der Waals surface area contributed by atoms with E-state index in [-0.39, 0.29) is 0 Å². The lowest BCUT2D eigenvalue weighted by molar-refractivity contribution is -0.130. The van der Waals surface area contributed by atoms with Gasteiger partial charge in [0.05, 0.1) is 5.56 Å². The Morgan fingerprint density at radius 1 is 1.32 bits per heavy atom. The van der Waals surface area contributed by atoms with Crippen molar-refractivity contribution in [2.75, 3.05) is 19.7 Å². The number of nitrogens with one attached hydrogen (secondary N) is 1. The third-order valence-electron chi connectivity index (χ3n) is 2.56. The molecule has 0 bridgehead atoms. The second-order valence-corrected chi connectivity index (χ2v) is 4.78. The first-order chi connectivity index (χ1) is 9.08. The van der Waals surface area contributed by atoms with E-state index >= 15 is 0 Å². The highest BCUT2D eigenvalue weighted by Gasteiger charge is 2.26. The number of hydrogen-bond donors (Lipinski definition) is 1. The highest BCUT2D eigenvalue weighted by molar-refractivity contribution is 9.10. The van der Waals surface area contributed by atoms with Crippen molar-refractivity contribution >= 4 is 33.8 Å². The number of nitrogens with zero attached hydrogens (tertiary/aromatic N) is 1. The zero-order chi connectivity index (χ0) is 13.8. The fourth-order valence-corrected chi connectivity index (χ4v) is 1.85. The van der Waals surface area contributed by atoms with E-state index in [1.807, 2.05) is 0 Å². The van der Waals surface area contributed by atoms with Crippen LogP contribution in [-0.2, 0) is 9.53 Å². The number of urea groups is 1. The second-order valence-electron chi connectivity index (χ2n) is 3.86. The number of imide groups is 1. The molecule has 1 aromatic rings. The molecule has 2 rings (SSSR count). The zero-order valence-corrected chi connectivity index (χ0v) is 11.5. The predicted octanol–water partition coefficient (Wildman–Crippen LogP) is 1.16. The summed E-state index contributed by atoms with van der Waals surface area (Å²) in [6, 6.07) is 6.11. The highest BCUT2D eigenvalue weighted by Crippen LogP contribution is 2.11. The van der Waals surface area contributed by atoms with Crippen molar-refractivity contribution in [3.63, 3.8) is 0 Å². The quantitative estimate of drug-likeness (QED) is 0.846. The van der Waals surface area contributed by atoms with Crippen molar-refractivity contribution in [2.45, 2.75) is 0 Å². The summed E-state index contributed by atoms with van der Waals surface area (Å²) in [7, 11) is 0. The van der Waals surface area contributed by atoms with Crippen LogP contribution >= 0.6 is 15.9 Å². The van der Waals surface area contributed by atoms with Crippen LogP contribution in [0.1, 0.15) is 10.4 Å². The highest BCUT2D eigenvalue weighted by atomic mass is 79.9. The first-order valence-corrected chi connectivity index (χ1v) is 6.38. The van der Waals surface area contributed by atoms with Crippen LogP contribution in [0.25, 0.3) is 0 Å². The van der Waals surface area contributed by atoms with Gasteiger partial charge in [-0.15, -0.1) is 0 Å². The largest absolute Gasteiger partial charge is 0.452 e. The minimum atomic E-state index is -0.597. The molecule has 100 valence electrons. The van der Waals surface area contributed by atoms with E-state index in [9.17, 15) is 14.4 Å². The Labute approximate surface area is 117 Å². The average molecular weight is 327 g/mol. The lowest BCUT2D eigenvalue weighted by atomic mass is 10.2. The molecular formula is C12H11BrN2O4. The first kappa shape index (κ1) is 13.5. The van der Waals surface area contributed by atoms with Gasteiger partial charge >= 0.3 is 12.0 Å². The fourth-order valence-electron chi connectivity index (χ4n) is 1.58. The van der Waals surface area contributed by atoms with Gasteiger partial charge in [-0.2, -0.15) is 0 Å². The number of esters is 1. The molecule has 3 amide bonds. The molecule has 1 aliphatic heterocycles. The number of benzene rings is 1. The standard InChI is InChI=1S/C12H11BrN2O4/c13-9-3-1-8(2-4-9)11(17)19-7-10(16)15-6-5-14-12(15)18/h1-4H,5-7H2,(H,14,18). The molecule has 0 spiro atoms. The normalized spacial score (nSPS) is 14.2. The van der Waals surface area contributed by atoms with E-state index < -0.39 is 24.5 Å². The van der Waals surface area contributed by atoms with Crippen LogP contribution in [0.4, 0.5) is 4.79 Å². The van der Waals surface area contributed by atoms with E-state index in [0.29, 0.717) is 18.7 Å². The maximum Gasteiger partial charge on any atom is 0.338 e. The number of hydrogen-bond acceptors (Lipinski definition) is 4. The summed E-state index contributed by atoms with van der Waals surface area (Å²) in [5.74, 6) is -1.12. The topological polar surface area (TPSA) is 75.7 Å². The molecule has 0 radical (unpaired) electrons. The Kier molecular flexibility index (Phi) is 4.16. The van der Waals surface area contributed by atoms with Gasteiger partial charge in [-0.05, 0) is 24.3 Å². The molecule has 0 saturated carbocycles. The van der Waals surface area contributed by atoms with Crippen LogP contribution in [0.15, 0.2) is 28.7 Å². The third-order valence-corrected chi connectivity index (χ3v) is 3.09. The molecule has 1 aromatic carbocycles. The van der Waals surface area contributed by atoms with E-state index in [1.165, 1.54) is 0 Å². The monoisotopic (exact) mass is 326 g/mol. The third kappa shape index (κ3) is 3.31. The van der Waals surface area contributed by atoms with Crippen LogP contribution in [0.2, 0.25) is 0 Å². The lowest BCUT2D eigenvalue weighted by Crippen LogP contribution is -2.37. The van der Waals surface area contributed by atoms with Crippen molar-refractivity contribution < 1.29 is 19.1 Å². The first-order valence-electron chi connectivity index (χ1n) is 5.59. The summed E-state index contributed by atoms with van der Waals surface area (Å²) in [6.07, 6.45) is 0. The van der Waals surface area contributed by atoms with E-state index in [4.69, 9.17) is 4.74 Å². The van der Waals surface area contributed by atoms with Crippen molar-refractivity contribution in [1.82, 2.24) is 10.2 Å². The number of rotatable bonds is 3. The van der Waals surface area contributed by atoms with Crippen LogP contribution in [-0.4, -0.2) is 42.5 Å². The van der Waals surface area contributed by atoms with Gasteiger partial charge in [-0.3, -0.25) is 9.69 Å². The van der Waals surface area contributed by atoms with Crippen molar-refractivity contribution in [2.24, 2.45) is 0 Å². The van der Waals surface area contributed by atoms with Crippen LogP contribution in [0.3, 0.4) is 0 Å². The zero-order valence-electron chi connectivity index (χ0n) is 9.89. The molecule has 6 nitrogen and oxygen atoms in total. The van der Waals surface area contributed by atoms with Crippen LogP contribution < -0.4 is 5.32 Å². The Morgan fingerprint density at radius 2 is 2.00 bits per heavy atom. The molecule has 1 heterocycles. The van der Waals surface area contributed by atoms with Crippen LogP contribution in [0.5, 0.6) is 0 Å². The van der Waals surface area contributed by atoms with Crippen molar-refractivity contribution in [3.05, 3.63) is 34.3 Å². The number of amides is 3. The molecule has 19 heavy (non-hydrogen) atoms. The SMILES string of the molecule is O=C(OCC(=O)N1CCNC1=O)c1ccc(Br)cc1. The van der Waals surface area contributed by atoms with Crippen molar-refractivity contribution in [1.29, 1.82) is 0 Å². The van der Waals surface area contributed by atoms with Crippen LogP contribution in [0, 0.1) is 0 Å². The molecular weight excluding hydrogens is 316 g/mol. The number of carbonyl (C=O) groups excluding carboxylic acids is 3. The Bertz CT molecular complexity index is 515. The van der Waals surface area contributed by atoms with Gasteiger partial charge in [0, 0.05) is 17.6 Å². The second kappa shape index (κ2) is 5.83. The summed E-state index contributed by atoms with van der Waals surface area (Å²) in [6.45, 7) is 0.279. The van der Waals surface area contributed by atoms with Gasteiger partial charge < -0.3 is 10.1 Å². The lowest BCUT2D eigenvalue weighted by Gasteiger charge is -2.12. The summed E-state index contributed by atoms with van der Waals surface area (Å²) >= 11 is 3.25. The summed E-state index contributed by atoms with van der Waals surface area (Å²) in [5.41, 5.74) is 0.349. The minimum absolute atomic E-state index is 0.299. The molecule has 0 unspecified atom stereocenters. The Balaban J connectivity index is 1.88. The maximum atomic E-state index is 11.6. The van der Waals surface area contributed by atoms with Gasteiger partial charge in [0.25, 0.3) is 5.91 Å². The van der Waals surface area contributed by atoms with Gasteiger partial charge in [0.15, 0.2) is 6.61 Å². The van der Waals surface area contributed by atoms with Gasteiger partial charge in [0.1, 0.15) is 0 Å². The predicted molar refractivity (Wildman–Crippen MR) is 69.5 cm³/mol. The molecule has 7 heteroatoms. The smallest absolute Gasteiger partial charge is 0.338 e. The molecule has 1 aliphatic rings. The summed E-state index contributed by atoms with van der Waals surface area (Å²) in [4.78, 5) is 35.5. The molecule has 0 atom stereocenters. The summed E-state index contributed by atoms with van der Waals surface area (Å²) < 4.78 is 5.71. The van der Waals surface area contributed by atoms with Crippen molar-refractivity contribution in [3.8, 4) is 0 Å². The van der Waals surface area contributed by atoms with E-state index in [2.05, 4.69) is 21.2 Å². The molecule has 1 fully saturated rings. The molecule has 1 N–H and O–H groups in total. The van der Waals surface area contributed by atoms with Gasteiger partial charge in [0.2, 0.25) is 0 Å². The Morgan fingerprint density at radius 3 is 2.58 bits per heavy atom. The minimum Gasteiger partial charge on any atom is -0.452 e. The molecule has 0 aliphatic carbocycles. The number of halogens is 1. The fraction of sp³-hybridized carbons (Fsp3) is 0.250. The van der Waals surface area contributed by atoms with Gasteiger partial charge in [-0.1, -0.05) is 15.9 Å².